The predicted molar refractivity (Wildman–Crippen MR) is 107 cm³/mol. The molecule has 1 aliphatic heterocycles. The highest BCUT2D eigenvalue weighted by Gasteiger charge is 2.43. The monoisotopic (exact) mass is 391 g/mol. The van der Waals surface area contributed by atoms with E-state index in [0.717, 1.165) is 16.9 Å². The minimum Gasteiger partial charge on any atom is -0.334 e. The molecule has 1 aromatic heterocycles. The number of imide groups is 1. The van der Waals surface area contributed by atoms with Crippen LogP contribution in [0, 0.1) is 0 Å². The molecular formula is C21H21N5O3. The lowest BCUT2D eigenvalue weighted by Crippen LogP contribution is -2.40. The van der Waals surface area contributed by atoms with Crippen LogP contribution in [0.3, 0.4) is 0 Å². The lowest BCUT2D eigenvalue weighted by Gasteiger charge is -2.22. The molecule has 1 saturated heterocycles. The zero-order chi connectivity index (χ0) is 20.8. The lowest BCUT2D eigenvalue weighted by molar-refractivity contribution is -0.123. The molecule has 0 aliphatic carbocycles. The molecule has 8 heteroatoms. The number of aromatic nitrogens is 2. The first-order valence-corrected chi connectivity index (χ1v) is 9.19. The van der Waals surface area contributed by atoms with Crippen molar-refractivity contribution in [3.63, 3.8) is 0 Å². The van der Waals surface area contributed by atoms with Crippen LogP contribution in [0.1, 0.15) is 28.7 Å². The summed E-state index contributed by atoms with van der Waals surface area (Å²) in [4.78, 5) is 42.6. The highest BCUT2D eigenvalue weighted by atomic mass is 16.2. The van der Waals surface area contributed by atoms with E-state index in [9.17, 15) is 14.4 Å². The number of benzene rings is 2. The zero-order valence-corrected chi connectivity index (χ0v) is 16.4. The van der Waals surface area contributed by atoms with Crippen molar-refractivity contribution in [2.75, 3.05) is 7.05 Å². The number of carbonyl (C=O) groups is 3. The van der Waals surface area contributed by atoms with Crippen molar-refractivity contribution in [3.8, 4) is 0 Å². The number of hydrogen-bond donors (Lipinski definition) is 2. The number of fused-ring (bicyclic) bond motifs is 1. The fourth-order valence-electron chi connectivity index (χ4n) is 3.53. The summed E-state index contributed by atoms with van der Waals surface area (Å²) in [5.41, 5.74) is 1.86. The number of hydrogen-bond acceptors (Lipinski definition) is 4. The van der Waals surface area contributed by atoms with E-state index in [0.29, 0.717) is 17.7 Å². The van der Waals surface area contributed by atoms with Crippen molar-refractivity contribution in [1.29, 1.82) is 0 Å². The molecule has 4 rings (SSSR count). The van der Waals surface area contributed by atoms with Crippen LogP contribution in [0.4, 0.5) is 4.79 Å². The average Bonchev–Trinajstić information content (AvgIpc) is 3.17. The normalized spacial score (nSPS) is 18.6. The third-order valence-corrected chi connectivity index (χ3v) is 5.36. The number of amides is 4. The van der Waals surface area contributed by atoms with Crippen LogP contribution in [0.5, 0.6) is 0 Å². The first-order valence-electron chi connectivity index (χ1n) is 9.19. The number of nitrogens with zero attached hydrogens (tertiary/aromatic N) is 3. The van der Waals surface area contributed by atoms with Crippen LogP contribution in [0.15, 0.2) is 48.5 Å². The van der Waals surface area contributed by atoms with Crippen molar-refractivity contribution in [2.45, 2.75) is 19.0 Å². The summed E-state index contributed by atoms with van der Waals surface area (Å²) in [5.74, 6) is 0.214. The van der Waals surface area contributed by atoms with Gasteiger partial charge in [-0.3, -0.25) is 14.9 Å². The Labute approximate surface area is 167 Å². The summed E-state index contributed by atoms with van der Waals surface area (Å²) < 4.78 is 1.98. The van der Waals surface area contributed by atoms with Crippen LogP contribution in [0.25, 0.3) is 11.0 Å². The summed E-state index contributed by atoms with van der Waals surface area (Å²) >= 11 is 0. The third kappa shape index (κ3) is 3.12. The second-order valence-electron chi connectivity index (χ2n) is 7.35. The standard InChI is InChI=1S/C21H21N5O3/c1-21(19(28)23-20(29)24-21)14-10-8-13(9-11-14)18(27)25(2)12-17-22-15-6-4-5-7-16(15)26(17)3/h4-11H,12H2,1-3H3,(H2,23,24,28,29). The van der Waals surface area contributed by atoms with Gasteiger partial charge in [0, 0.05) is 19.7 Å². The summed E-state index contributed by atoms with van der Waals surface area (Å²) in [6.45, 7) is 1.99. The molecule has 1 atom stereocenters. The van der Waals surface area contributed by atoms with Crippen molar-refractivity contribution in [1.82, 2.24) is 25.1 Å². The van der Waals surface area contributed by atoms with Gasteiger partial charge >= 0.3 is 6.03 Å². The van der Waals surface area contributed by atoms with Crippen LogP contribution in [0.2, 0.25) is 0 Å². The van der Waals surface area contributed by atoms with Crippen molar-refractivity contribution in [2.24, 2.45) is 7.05 Å². The Kier molecular flexibility index (Phi) is 4.34. The summed E-state index contributed by atoms with van der Waals surface area (Å²) in [6.07, 6.45) is 0. The van der Waals surface area contributed by atoms with Crippen LogP contribution >= 0.6 is 0 Å². The topological polar surface area (TPSA) is 96.3 Å². The van der Waals surface area contributed by atoms with Gasteiger partial charge in [0.15, 0.2) is 0 Å². The van der Waals surface area contributed by atoms with Gasteiger partial charge in [-0.2, -0.15) is 0 Å². The van der Waals surface area contributed by atoms with Crippen LogP contribution in [-0.4, -0.2) is 39.3 Å². The number of rotatable bonds is 4. The number of nitrogens with one attached hydrogen (secondary N) is 2. The predicted octanol–water partition coefficient (Wildman–Crippen LogP) is 1.90. The zero-order valence-electron chi connectivity index (χ0n) is 16.4. The number of aryl methyl sites for hydroxylation is 1. The van der Waals surface area contributed by atoms with E-state index >= 15 is 0 Å². The maximum atomic E-state index is 12.8. The van der Waals surface area contributed by atoms with Gasteiger partial charge in [-0.25, -0.2) is 9.78 Å². The van der Waals surface area contributed by atoms with Gasteiger partial charge in [0.25, 0.3) is 11.8 Å². The Balaban J connectivity index is 1.52. The molecule has 4 amide bonds. The van der Waals surface area contributed by atoms with Crippen LogP contribution < -0.4 is 10.6 Å². The maximum absolute atomic E-state index is 12.8. The second-order valence-corrected chi connectivity index (χ2v) is 7.35. The Morgan fingerprint density at radius 1 is 1.14 bits per heavy atom. The Hall–Kier alpha value is -3.68. The van der Waals surface area contributed by atoms with Crippen molar-refractivity contribution < 1.29 is 14.4 Å². The quantitative estimate of drug-likeness (QED) is 0.664. The molecule has 148 valence electrons. The highest BCUT2D eigenvalue weighted by Crippen LogP contribution is 2.25. The molecule has 0 radical (unpaired) electrons. The molecule has 2 N–H and O–H groups in total. The first-order chi connectivity index (χ1) is 13.8. The molecule has 0 bridgehead atoms. The third-order valence-electron chi connectivity index (χ3n) is 5.36. The van der Waals surface area contributed by atoms with E-state index < -0.39 is 17.5 Å². The molecule has 1 unspecified atom stereocenters. The highest BCUT2D eigenvalue weighted by molar-refractivity contribution is 6.07. The Bertz CT molecular complexity index is 1130. The first kappa shape index (κ1) is 18.7. The van der Waals surface area contributed by atoms with Gasteiger partial charge < -0.3 is 14.8 Å². The van der Waals surface area contributed by atoms with E-state index in [1.165, 1.54) is 0 Å². The Morgan fingerprint density at radius 2 is 1.83 bits per heavy atom. The lowest BCUT2D eigenvalue weighted by atomic mass is 9.91. The van der Waals surface area contributed by atoms with Crippen LogP contribution in [-0.2, 0) is 23.9 Å². The molecule has 1 fully saturated rings. The minimum absolute atomic E-state index is 0.159. The van der Waals surface area contributed by atoms with Gasteiger partial charge in [0.1, 0.15) is 11.4 Å². The average molecular weight is 391 g/mol. The SMILES string of the molecule is CN(Cc1nc2ccccc2n1C)C(=O)c1ccc(C2(C)NC(=O)NC2=O)cc1. The molecule has 29 heavy (non-hydrogen) atoms. The Morgan fingerprint density at radius 3 is 2.45 bits per heavy atom. The van der Waals surface area contributed by atoms with Gasteiger partial charge in [0.05, 0.1) is 17.6 Å². The molecule has 2 aromatic carbocycles. The number of urea groups is 1. The van der Waals surface area contributed by atoms with Gasteiger partial charge in [-0.15, -0.1) is 0 Å². The number of carbonyl (C=O) groups excluding carboxylic acids is 3. The maximum Gasteiger partial charge on any atom is 0.322 e. The van der Waals surface area contributed by atoms with E-state index in [2.05, 4.69) is 15.6 Å². The number of para-hydroxylation sites is 2. The van der Waals surface area contributed by atoms with Crippen molar-refractivity contribution >= 4 is 28.9 Å². The number of imidazole rings is 1. The summed E-state index contributed by atoms with van der Waals surface area (Å²) in [7, 11) is 3.65. The smallest absolute Gasteiger partial charge is 0.322 e. The van der Waals surface area contributed by atoms with Crippen molar-refractivity contribution in [3.05, 3.63) is 65.5 Å². The molecule has 3 aromatic rings. The van der Waals surface area contributed by atoms with E-state index in [1.807, 2.05) is 35.9 Å². The van der Waals surface area contributed by atoms with E-state index in [4.69, 9.17) is 0 Å². The molecule has 0 saturated carbocycles. The fourth-order valence-corrected chi connectivity index (χ4v) is 3.53. The fraction of sp³-hybridized carbons (Fsp3) is 0.238. The largest absolute Gasteiger partial charge is 0.334 e. The molecule has 0 spiro atoms. The molecule has 1 aliphatic rings. The van der Waals surface area contributed by atoms with Gasteiger partial charge in [-0.05, 0) is 36.8 Å². The summed E-state index contributed by atoms with van der Waals surface area (Å²) in [5, 5.41) is 4.84. The van der Waals surface area contributed by atoms with Gasteiger partial charge in [0.2, 0.25) is 0 Å². The molecule has 8 nitrogen and oxygen atoms in total. The van der Waals surface area contributed by atoms with E-state index in [-0.39, 0.29) is 5.91 Å². The minimum atomic E-state index is -1.14. The van der Waals surface area contributed by atoms with Gasteiger partial charge in [-0.1, -0.05) is 24.3 Å². The summed E-state index contributed by atoms with van der Waals surface area (Å²) in [6, 6.07) is 14.0. The van der Waals surface area contributed by atoms with E-state index in [1.54, 1.807) is 43.1 Å². The molecule has 2 heterocycles. The molecular weight excluding hydrogens is 370 g/mol. The second kappa shape index (κ2) is 6.73.